The molecule has 0 saturated heterocycles. The van der Waals surface area contributed by atoms with E-state index in [0.717, 1.165) is 0 Å². The molecule has 66 valence electrons. The summed E-state index contributed by atoms with van der Waals surface area (Å²) in [4.78, 5) is 0. The van der Waals surface area contributed by atoms with Crippen molar-refractivity contribution in [2.45, 2.75) is 12.8 Å². The molecule has 0 spiro atoms. The van der Waals surface area contributed by atoms with Crippen LogP contribution in [0.5, 0.6) is 0 Å². The van der Waals surface area contributed by atoms with Crippen LogP contribution in [0.2, 0.25) is 0 Å². The van der Waals surface area contributed by atoms with Gasteiger partial charge in [0.1, 0.15) is 0 Å². The largest absolute Gasteiger partial charge is 1.00 e. The average Bonchev–Trinajstić information content (AvgIpc) is 1.79. The van der Waals surface area contributed by atoms with Gasteiger partial charge in [0.15, 0.2) is 0 Å². The number of alkyl halides is 1. The molecule has 0 aromatic heterocycles. The molecular weight excluding hydrogens is 282 g/mol. The zero-order valence-corrected chi connectivity index (χ0v) is 12.1. The van der Waals surface area contributed by atoms with Crippen molar-refractivity contribution in [2.24, 2.45) is 0 Å². The molecule has 0 heterocycles. The van der Waals surface area contributed by atoms with Crippen LogP contribution in [0.25, 0.3) is 0 Å². The fourth-order valence-corrected chi connectivity index (χ4v) is 1.24. The minimum atomic E-state index is -4.81. The van der Waals surface area contributed by atoms with Gasteiger partial charge in [-0.15, -0.1) is 17.6 Å². The Balaban J connectivity index is 0. The van der Waals surface area contributed by atoms with E-state index in [9.17, 15) is 12.9 Å². The Bertz CT molecular complexity index is 150. The van der Waals surface area contributed by atoms with Crippen molar-refractivity contribution < 1.29 is 64.3 Å². The average molecular weight is 289 g/mol. The third-order valence-electron chi connectivity index (χ3n) is 0.919. The Labute approximate surface area is 126 Å². The van der Waals surface area contributed by atoms with Gasteiger partial charge in [0.25, 0.3) is 0 Å². The van der Waals surface area contributed by atoms with Crippen LogP contribution in [0.15, 0.2) is 10.5 Å². The molecule has 0 rings (SSSR count). The summed E-state index contributed by atoms with van der Waals surface area (Å²) in [5, 5.41) is 0. The van der Waals surface area contributed by atoms with Crippen LogP contribution < -0.4 is 51.4 Å². The van der Waals surface area contributed by atoms with Crippen molar-refractivity contribution >= 4 is 34.5 Å². The second kappa shape index (κ2) is 8.32. The molecule has 0 fully saturated rings. The minimum absolute atomic E-state index is 0. The fourth-order valence-electron chi connectivity index (χ4n) is 0.524. The molecule has 0 bridgehead atoms. The van der Waals surface area contributed by atoms with Gasteiger partial charge >= 0.3 is 58.4 Å². The zero-order chi connectivity index (χ0) is 8.91. The summed E-state index contributed by atoms with van der Waals surface area (Å²) in [6, 6.07) is 0. The van der Waals surface area contributed by atoms with Crippen molar-refractivity contribution in [1.82, 2.24) is 0 Å². The first kappa shape index (κ1) is 16.4. The van der Waals surface area contributed by atoms with E-state index in [2.05, 4.69) is 15.9 Å². The Morgan fingerprint density at radius 2 is 1.92 bits per heavy atom. The number of rotatable bonds is 4. The molecule has 0 amide bonds. The number of hydrogen-bond acceptors (Lipinski definition) is 0. The maximum atomic E-state index is 11.7. The molecule has 0 radical (unpaired) electrons. The topological polar surface area (TPSA) is 0 Å². The van der Waals surface area contributed by atoms with Crippen molar-refractivity contribution in [1.29, 1.82) is 0 Å². The van der Waals surface area contributed by atoms with E-state index in [0.29, 0.717) is 24.7 Å². The molecule has 7 heteroatoms. The number of hydrogen-bond donors (Lipinski definition) is 0. The maximum Gasteiger partial charge on any atom is 1.00 e. The summed E-state index contributed by atoms with van der Waals surface area (Å²) in [6.45, 7) is -4.81. The molecule has 0 aliphatic heterocycles. The van der Waals surface area contributed by atoms with E-state index in [1.54, 1.807) is 0 Å². The normalized spacial score (nSPS) is 12.6. The van der Waals surface area contributed by atoms with Crippen LogP contribution in [-0.4, -0.2) is 12.9 Å². The number of halogens is 5. The summed E-state index contributed by atoms with van der Waals surface area (Å²) in [7, 11) is 0. The standard InChI is InChI=1S/C5H7BBrClF3.K/c7-5(2-1-3-8)4-6(9,10)11;/h4H,1-3H2;/q-1;+1/b5-4-;. The van der Waals surface area contributed by atoms with Crippen molar-refractivity contribution in [2.75, 3.05) is 5.88 Å². The van der Waals surface area contributed by atoms with E-state index in [1.165, 1.54) is 0 Å². The molecule has 0 unspecified atom stereocenters. The van der Waals surface area contributed by atoms with Crippen LogP contribution >= 0.6 is 27.5 Å². The van der Waals surface area contributed by atoms with Crippen LogP contribution in [0.4, 0.5) is 12.9 Å². The van der Waals surface area contributed by atoms with E-state index in [4.69, 9.17) is 11.6 Å². The van der Waals surface area contributed by atoms with Crippen LogP contribution in [-0.2, 0) is 0 Å². The van der Waals surface area contributed by atoms with Crippen LogP contribution in [0.3, 0.4) is 0 Å². The van der Waals surface area contributed by atoms with Gasteiger partial charge in [-0.3, -0.25) is 0 Å². The monoisotopic (exact) mass is 288 g/mol. The fraction of sp³-hybridized carbons (Fsp3) is 0.600. The third kappa shape index (κ3) is 12.0. The van der Waals surface area contributed by atoms with Gasteiger partial charge in [0, 0.05) is 5.88 Å². The van der Waals surface area contributed by atoms with Crippen molar-refractivity contribution in [3.8, 4) is 0 Å². The summed E-state index contributed by atoms with van der Waals surface area (Å²) in [5.41, 5.74) is 0. The maximum absolute atomic E-state index is 11.7. The minimum Gasteiger partial charge on any atom is -0.445 e. The molecule has 0 aromatic carbocycles. The van der Waals surface area contributed by atoms with E-state index in [1.807, 2.05) is 0 Å². The first-order valence-corrected chi connectivity index (χ1v) is 4.41. The van der Waals surface area contributed by atoms with Crippen LogP contribution in [0, 0.1) is 0 Å². The predicted octanol–water partition coefficient (Wildman–Crippen LogP) is 0.675. The SMILES string of the molecule is F[B-](F)(F)/C=C(\Br)CCCCl.[K+]. The molecule has 0 N–H and O–H groups in total. The van der Waals surface area contributed by atoms with Gasteiger partial charge in [0.05, 0.1) is 0 Å². The van der Waals surface area contributed by atoms with Gasteiger partial charge < -0.3 is 12.9 Å². The first-order chi connectivity index (χ1) is 4.95. The summed E-state index contributed by atoms with van der Waals surface area (Å²) in [5.74, 6) is 0.681. The Morgan fingerprint density at radius 3 is 2.25 bits per heavy atom. The second-order valence-electron chi connectivity index (χ2n) is 2.03. The van der Waals surface area contributed by atoms with Crippen molar-refractivity contribution in [3.63, 3.8) is 0 Å². The molecule has 0 aliphatic rings. The van der Waals surface area contributed by atoms with E-state index >= 15 is 0 Å². The quantitative estimate of drug-likeness (QED) is 0.527. The Hall–Kier alpha value is 2.00. The summed E-state index contributed by atoms with van der Waals surface area (Å²) < 4.78 is 35.1. The molecule has 0 nitrogen and oxygen atoms in total. The molecule has 0 atom stereocenters. The molecule has 0 aromatic rings. The molecule has 0 aliphatic carbocycles. The Morgan fingerprint density at radius 1 is 1.42 bits per heavy atom. The number of allylic oxidation sites excluding steroid dienone is 1. The third-order valence-corrected chi connectivity index (χ3v) is 1.85. The van der Waals surface area contributed by atoms with Crippen LogP contribution in [0.1, 0.15) is 12.8 Å². The smallest absolute Gasteiger partial charge is 0.445 e. The van der Waals surface area contributed by atoms with Gasteiger partial charge in [-0.2, -0.15) is 0 Å². The second-order valence-corrected chi connectivity index (χ2v) is 3.43. The zero-order valence-electron chi connectivity index (χ0n) is 6.67. The summed E-state index contributed by atoms with van der Waals surface area (Å²) in [6.07, 6.45) is 0.912. The molecule has 12 heavy (non-hydrogen) atoms. The molecular formula is C5H7BBrClF3K. The first-order valence-electron chi connectivity index (χ1n) is 3.09. The van der Waals surface area contributed by atoms with Gasteiger partial charge in [-0.1, -0.05) is 15.9 Å². The van der Waals surface area contributed by atoms with E-state index in [-0.39, 0.29) is 55.9 Å². The van der Waals surface area contributed by atoms with Gasteiger partial charge in [-0.25, -0.2) is 0 Å². The Kier molecular flexibility index (Phi) is 11.4. The van der Waals surface area contributed by atoms with E-state index < -0.39 is 6.98 Å². The van der Waals surface area contributed by atoms with Gasteiger partial charge in [-0.05, 0) is 17.3 Å². The van der Waals surface area contributed by atoms with Gasteiger partial charge in [0.2, 0.25) is 0 Å². The van der Waals surface area contributed by atoms with Crippen molar-refractivity contribution in [3.05, 3.63) is 10.5 Å². The molecule has 0 saturated carbocycles. The predicted molar refractivity (Wildman–Crippen MR) is 46.0 cm³/mol. The summed E-state index contributed by atoms with van der Waals surface area (Å²) >= 11 is 8.11.